The largest absolute Gasteiger partial charge is 0.480 e. The number of halogens is 2. The Balaban J connectivity index is 1.72. The van der Waals surface area contributed by atoms with E-state index >= 15 is 0 Å². The Labute approximate surface area is 183 Å². The molecule has 0 aliphatic heterocycles. The molecular formula is C18H14F2N6O4S2. The highest BCUT2D eigenvalue weighted by Crippen LogP contribution is 2.33. The summed E-state index contributed by atoms with van der Waals surface area (Å²) in [4.78, 5) is 19.3. The molecule has 0 spiro atoms. The number of hydrogen-bond donors (Lipinski definition) is 2. The lowest BCUT2D eigenvalue weighted by atomic mass is 10.3. The highest BCUT2D eigenvalue weighted by Gasteiger charge is 2.23. The number of carbonyl (C=O) groups is 1. The van der Waals surface area contributed by atoms with Crippen LogP contribution in [-0.2, 0) is 14.8 Å². The molecule has 0 aliphatic rings. The highest BCUT2D eigenvalue weighted by molar-refractivity contribution is 7.92. The molecule has 0 unspecified atom stereocenters. The second kappa shape index (κ2) is 8.12. The smallest absolute Gasteiger partial charge is 0.264 e. The van der Waals surface area contributed by atoms with Gasteiger partial charge in [0.1, 0.15) is 27.2 Å². The van der Waals surface area contributed by atoms with Gasteiger partial charge in [0.2, 0.25) is 16.7 Å². The Kier molecular flexibility index (Phi) is 5.48. The van der Waals surface area contributed by atoms with Gasteiger partial charge >= 0.3 is 0 Å². The van der Waals surface area contributed by atoms with Crippen molar-refractivity contribution in [3.63, 3.8) is 0 Å². The van der Waals surface area contributed by atoms with Gasteiger partial charge in [0, 0.05) is 24.8 Å². The number of ether oxygens (including phenoxy) is 1. The molecule has 3 heterocycles. The lowest BCUT2D eigenvalue weighted by molar-refractivity contribution is -0.114. The van der Waals surface area contributed by atoms with Gasteiger partial charge in [0.25, 0.3) is 10.0 Å². The number of sulfonamides is 1. The van der Waals surface area contributed by atoms with Gasteiger partial charge in [-0.15, -0.1) is 0 Å². The Morgan fingerprint density at radius 2 is 1.97 bits per heavy atom. The summed E-state index contributed by atoms with van der Waals surface area (Å²) in [5, 5.41) is 7.39. The molecule has 1 amide bonds. The molecule has 0 fully saturated rings. The summed E-state index contributed by atoms with van der Waals surface area (Å²) in [5.41, 5.74) is 0.330. The third-order valence-corrected chi connectivity index (χ3v) is 6.48. The maximum atomic E-state index is 14.0. The molecule has 14 heteroatoms. The summed E-state index contributed by atoms with van der Waals surface area (Å²) < 4.78 is 61.3. The zero-order valence-electron chi connectivity index (χ0n) is 16.5. The van der Waals surface area contributed by atoms with E-state index in [0.717, 1.165) is 12.1 Å². The Morgan fingerprint density at radius 1 is 1.19 bits per heavy atom. The number of nitrogens with one attached hydrogen (secondary N) is 2. The van der Waals surface area contributed by atoms with Crippen LogP contribution in [0, 0.1) is 11.6 Å². The molecule has 10 nitrogen and oxygen atoms in total. The normalized spacial score (nSPS) is 11.5. The predicted molar refractivity (Wildman–Crippen MR) is 112 cm³/mol. The van der Waals surface area contributed by atoms with Crippen molar-refractivity contribution in [1.82, 2.24) is 19.6 Å². The number of fused-ring (bicyclic) bond motifs is 1. The number of aromatic nitrogens is 4. The van der Waals surface area contributed by atoms with E-state index in [1.165, 1.54) is 48.3 Å². The van der Waals surface area contributed by atoms with Gasteiger partial charge in [-0.05, 0) is 18.2 Å². The molecule has 0 atom stereocenters. The van der Waals surface area contributed by atoms with Crippen LogP contribution in [0.5, 0.6) is 5.88 Å². The summed E-state index contributed by atoms with van der Waals surface area (Å²) in [6.07, 6.45) is 2.86. The first kappa shape index (κ1) is 21.6. The molecule has 0 aliphatic carbocycles. The zero-order chi connectivity index (χ0) is 23.0. The van der Waals surface area contributed by atoms with Crippen LogP contribution in [0.2, 0.25) is 0 Å². The van der Waals surface area contributed by atoms with Gasteiger partial charge in [-0.2, -0.15) is 9.61 Å². The average molecular weight is 480 g/mol. The van der Waals surface area contributed by atoms with Crippen LogP contribution in [0.15, 0.2) is 41.6 Å². The van der Waals surface area contributed by atoms with Crippen LogP contribution in [0.4, 0.5) is 20.3 Å². The second-order valence-corrected chi connectivity index (χ2v) is 8.99. The fourth-order valence-corrected chi connectivity index (χ4v) is 4.74. The first-order chi connectivity index (χ1) is 15.2. The van der Waals surface area contributed by atoms with E-state index in [1.807, 2.05) is 0 Å². The van der Waals surface area contributed by atoms with E-state index < -0.39 is 26.6 Å². The van der Waals surface area contributed by atoms with Gasteiger partial charge in [-0.3, -0.25) is 9.52 Å². The third kappa shape index (κ3) is 4.09. The molecule has 2 N–H and O–H groups in total. The Hall–Kier alpha value is -3.65. The predicted octanol–water partition coefficient (Wildman–Crippen LogP) is 2.90. The number of rotatable bonds is 6. The number of imidazole rings is 1. The van der Waals surface area contributed by atoms with Gasteiger partial charge in [-0.25, -0.2) is 27.2 Å². The number of anilines is 2. The highest BCUT2D eigenvalue weighted by atomic mass is 32.2. The molecule has 4 rings (SSSR count). The number of benzene rings is 1. The summed E-state index contributed by atoms with van der Waals surface area (Å²) in [5.74, 6) is -2.15. The third-order valence-electron chi connectivity index (χ3n) is 4.11. The van der Waals surface area contributed by atoms with E-state index in [9.17, 15) is 22.0 Å². The molecule has 0 saturated carbocycles. The fourth-order valence-electron chi connectivity index (χ4n) is 2.77. The summed E-state index contributed by atoms with van der Waals surface area (Å²) in [6, 6.07) is 3.53. The SMILES string of the molecule is COc1ncc(-c2nn3c(NC(C)=O)cnc3s2)cc1NS(=O)(=O)c1ccc(F)cc1F. The monoisotopic (exact) mass is 480 g/mol. The molecule has 4 aromatic rings. The van der Waals surface area contributed by atoms with Gasteiger partial charge < -0.3 is 10.1 Å². The average Bonchev–Trinajstić information content (AvgIpc) is 3.29. The molecule has 0 radical (unpaired) electrons. The molecule has 3 aromatic heterocycles. The molecule has 166 valence electrons. The minimum absolute atomic E-state index is 0.0693. The minimum Gasteiger partial charge on any atom is -0.480 e. The fraction of sp³-hybridized carbons (Fsp3) is 0.111. The minimum atomic E-state index is -4.42. The van der Waals surface area contributed by atoms with Gasteiger partial charge in [0.15, 0.2) is 5.82 Å². The second-order valence-electron chi connectivity index (χ2n) is 6.39. The van der Waals surface area contributed by atoms with Crippen molar-refractivity contribution in [3.8, 4) is 16.5 Å². The topological polar surface area (TPSA) is 128 Å². The lowest BCUT2D eigenvalue weighted by Crippen LogP contribution is -2.15. The van der Waals surface area contributed by atoms with Crippen molar-refractivity contribution in [3.05, 3.63) is 48.3 Å². The standard InChI is InChI=1S/C18H14F2N6O4S2/c1-9(27)23-15-8-22-18-26(15)24-17(31-18)10-5-13(16(30-2)21-7-10)25-32(28,29)14-4-3-11(19)6-12(14)20/h3-8,25H,1-2H3,(H,23,27). The number of pyridine rings is 1. The quantitative estimate of drug-likeness (QED) is 0.434. The van der Waals surface area contributed by atoms with Crippen molar-refractivity contribution in [2.24, 2.45) is 0 Å². The maximum Gasteiger partial charge on any atom is 0.264 e. The van der Waals surface area contributed by atoms with E-state index in [1.54, 1.807) is 0 Å². The number of methoxy groups -OCH3 is 1. The van der Waals surface area contributed by atoms with Crippen LogP contribution in [0.3, 0.4) is 0 Å². The van der Waals surface area contributed by atoms with Crippen LogP contribution in [0.1, 0.15) is 6.92 Å². The number of carbonyl (C=O) groups excluding carboxylic acids is 1. The van der Waals surface area contributed by atoms with Crippen molar-refractivity contribution in [1.29, 1.82) is 0 Å². The van der Waals surface area contributed by atoms with E-state index in [0.29, 0.717) is 27.4 Å². The number of nitrogens with zero attached hydrogens (tertiary/aromatic N) is 4. The Bertz CT molecular complexity index is 1450. The van der Waals surface area contributed by atoms with Crippen LogP contribution in [-0.4, -0.2) is 41.0 Å². The molecule has 0 saturated heterocycles. The lowest BCUT2D eigenvalue weighted by Gasteiger charge is -2.12. The van der Waals surface area contributed by atoms with E-state index in [4.69, 9.17) is 4.74 Å². The van der Waals surface area contributed by atoms with E-state index in [2.05, 4.69) is 25.1 Å². The zero-order valence-corrected chi connectivity index (χ0v) is 18.1. The maximum absolute atomic E-state index is 14.0. The summed E-state index contributed by atoms with van der Waals surface area (Å²) in [6.45, 7) is 1.35. The molecule has 1 aromatic carbocycles. The van der Waals surface area contributed by atoms with Gasteiger partial charge in [-0.1, -0.05) is 11.3 Å². The molecular weight excluding hydrogens is 466 g/mol. The first-order valence-electron chi connectivity index (χ1n) is 8.82. The van der Waals surface area contributed by atoms with E-state index in [-0.39, 0.29) is 17.5 Å². The molecule has 0 bridgehead atoms. The van der Waals surface area contributed by atoms with Crippen molar-refractivity contribution >= 4 is 43.7 Å². The van der Waals surface area contributed by atoms with Crippen LogP contribution < -0.4 is 14.8 Å². The van der Waals surface area contributed by atoms with Crippen LogP contribution in [0.25, 0.3) is 15.5 Å². The van der Waals surface area contributed by atoms with Crippen molar-refractivity contribution in [2.75, 3.05) is 17.1 Å². The number of hydrogen-bond acceptors (Lipinski definition) is 8. The first-order valence-corrected chi connectivity index (χ1v) is 11.1. The summed E-state index contributed by atoms with van der Waals surface area (Å²) >= 11 is 1.17. The van der Waals surface area contributed by atoms with Crippen molar-refractivity contribution < 1.29 is 26.7 Å². The van der Waals surface area contributed by atoms with Crippen molar-refractivity contribution in [2.45, 2.75) is 11.8 Å². The number of amides is 1. The Morgan fingerprint density at radius 3 is 2.66 bits per heavy atom. The van der Waals surface area contributed by atoms with Crippen LogP contribution >= 0.6 is 11.3 Å². The molecule has 32 heavy (non-hydrogen) atoms. The summed E-state index contributed by atoms with van der Waals surface area (Å²) in [7, 11) is -3.13. The van der Waals surface area contributed by atoms with Gasteiger partial charge in [0.05, 0.1) is 13.3 Å².